The first-order valence-electron chi connectivity index (χ1n) is 19.9. The average Bonchev–Trinajstić information content (AvgIpc) is 3.70. The highest BCUT2D eigenvalue weighted by atomic mass is 15.2. The largest absolute Gasteiger partial charge is 0.344 e. The van der Waals surface area contributed by atoms with Crippen molar-refractivity contribution in [1.29, 1.82) is 0 Å². The van der Waals surface area contributed by atoms with Crippen LogP contribution in [0.15, 0.2) is 168 Å². The molecule has 0 saturated heterocycles. The van der Waals surface area contributed by atoms with Crippen molar-refractivity contribution in [3.05, 3.63) is 197 Å². The van der Waals surface area contributed by atoms with Crippen molar-refractivity contribution in [3.8, 4) is 27.9 Å². The molecule has 1 aromatic heterocycles. The summed E-state index contributed by atoms with van der Waals surface area (Å²) >= 11 is 0. The highest BCUT2D eigenvalue weighted by molar-refractivity contribution is 6.15. The van der Waals surface area contributed by atoms with Crippen molar-refractivity contribution in [2.24, 2.45) is 9.98 Å². The molecule has 10 rings (SSSR count). The van der Waals surface area contributed by atoms with E-state index in [1.165, 1.54) is 66.3 Å². The number of para-hydroxylation sites is 1. The van der Waals surface area contributed by atoms with Gasteiger partial charge in [-0.15, -0.1) is 0 Å². The third-order valence-corrected chi connectivity index (χ3v) is 11.9. The summed E-state index contributed by atoms with van der Waals surface area (Å²) in [6, 6.07) is 56.8. The Kier molecular flexibility index (Phi) is 8.11. The first-order valence-corrected chi connectivity index (χ1v) is 19.9. The fourth-order valence-corrected chi connectivity index (χ4v) is 9.33. The topological polar surface area (TPSA) is 41.7 Å². The van der Waals surface area contributed by atoms with Gasteiger partial charge in [-0.1, -0.05) is 149 Å². The summed E-state index contributed by atoms with van der Waals surface area (Å²) in [6.45, 7) is 9.39. The number of rotatable bonds is 7. The Morgan fingerprint density at radius 2 is 1.34 bits per heavy atom. The number of aliphatic imine (C=N–C) groups is 2. The van der Waals surface area contributed by atoms with Gasteiger partial charge in [-0.25, -0.2) is 9.98 Å². The van der Waals surface area contributed by atoms with Crippen LogP contribution in [0.3, 0.4) is 0 Å². The summed E-state index contributed by atoms with van der Waals surface area (Å²) in [6.07, 6.45) is 1.90. The van der Waals surface area contributed by atoms with Crippen molar-refractivity contribution in [1.82, 2.24) is 9.88 Å². The predicted octanol–water partition coefficient (Wildman–Crippen LogP) is 12.5. The van der Waals surface area contributed by atoms with E-state index in [0.717, 1.165) is 46.9 Å². The van der Waals surface area contributed by atoms with Crippen molar-refractivity contribution < 1.29 is 0 Å². The van der Waals surface area contributed by atoms with E-state index in [4.69, 9.17) is 9.98 Å². The maximum absolute atomic E-state index is 5.13. The average molecular weight is 725 g/mol. The van der Waals surface area contributed by atoms with Gasteiger partial charge in [0.15, 0.2) is 5.84 Å². The molecule has 1 N–H and O–H groups in total. The molecule has 0 saturated carbocycles. The van der Waals surface area contributed by atoms with Gasteiger partial charge >= 0.3 is 0 Å². The fraction of sp³-hybridized carbons (Fsp3) is 0.154. The summed E-state index contributed by atoms with van der Waals surface area (Å²) in [5.41, 5.74) is 17.6. The van der Waals surface area contributed by atoms with E-state index in [1.54, 1.807) is 0 Å². The SMILES string of the molecule is CCCc1c(-c2ccccc2C)ccc2c1-c1ccc3c(c1C2(C)C)c1ccccc1n3-c1ccc(C2=NC(c3ccccc3)NC(c3ccccc3)=N2)cc1. The van der Waals surface area contributed by atoms with Crippen LogP contribution in [0.2, 0.25) is 0 Å². The minimum Gasteiger partial charge on any atom is -0.344 e. The van der Waals surface area contributed by atoms with Crippen LogP contribution in [-0.2, 0) is 11.8 Å². The summed E-state index contributed by atoms with van der Waals surface area (Å²) in [5.74, 6) is 1.54. The molecule has 2 heterocycles. The minimum atomic E-state index is -0.240. The number of amidine groups is 2. The van der Waals surface area contributed by atoms with Crippen LogP contribution < -0.4 is 5.32 Å². The molecule has 8 aromatic rings. The molecule has 272 valence electrons. The third-order valence-electron chi connectivity index (χ3n) is 11.9. The Morgan fingerprint density at radius 1 is 0.643 bits per heavy atom. The Balaban J connectivity index is 1.12. The number of aromatic nitrogens is 1. The van der Waals surface area contributed by atoms with Crippen LogP contribution in [0.25, 0.3) is 49.7 Å². The van der Waals surface area contributed by atoms with Gasteiger partial charge in [-0.05, 0) is 99.8 Å². The molecule has 7 aromatic carbocycles. The lowest BCUT2D eigenvalue weighted by molar-refractivity contribution is 0.666. The highest BCUT2D eigenvalue weighted by Gasteiger charge is 2.40. The van der Waals surface area contributed by atoms with E-state index in [-0.39, 0.29) is 11.6 Å². The van der Waals surface area contributed by atoms with Crippen LogP contribution in [0, 0.1) is 6.92 Å². The second-order valence-corrected chi connectivity index (χ2v) is 15.7. The summed E-state index contributed by atoms with van der Waals surface area (Å²) in [7, 11) is 0. The summed E-state index contributed by atoms with van der Waals surface area (Å²) < 4.78 is 2.44. The monoisotopic (exact) mass is 724 g/mol. The molecule has 1 atom stereocenters. The molecule has 1 aliphatic heterocycles. The molecule has 2 aliphatic rings. The van der Waals surface area contributed by atoms with Gasteiger partial charge in [0.05, 0.1) is 11.0 Å². The second-order valence-electron chi connectivity index (χ2n) is 15.7. The molecule has 1 aliphatic carbocycles. The molecular weight excluding hydrogens is 681 g/mol. The molecular formula is C52H44N4. The number of nitrogens with zero attached hydrogens (tertiary/aromatic N) is 3. The third kappa shape index (κ3) is 5.35. The molecule has 4 heteroatoms. The standard InChI is InChI=1S/C52H44N4/c1-5-16-40-39(38-22-13-12-17-33(38)2)29-31-43-46(40)42-30-32-45-47(48(42)52(43,3)4)41-23-14-15-24-44(41)56(45)37-27-25-36(26-28-37)51-54-49(34-18-8-6-9-19-34)53-50(55-51)35-20-10-7-11-21-35/h6-15,17-32,49H,5,16H2,1-4H3,(H,53,54,55). The van der Waals surface area contributed by atoms with Crippen LogP contribution in [-0.4, -0.2) is 16.2 Å². The lowest BCUT2D eigenvalue weighted by Crippen LogP contribution is -2.33. The molecule has 0 radical (unpaired) electrons. The predicted molar refractivity (Wildman–Crippen MR) is 234 cm³/mol. The molecule has 0 bridgehead atoms. The zero-order chi connectivity index (χ0) is 38.0. The maximum atomic E-state index is 5.13. The first-order chi connectivity index (χ1) is 27.4. The van der Waals surface area contributed by atoms with Crippen molar-refractivity contribution in [3.63, 3.8) is 0 Å². The zero-order valence-corrected chi connectivity index (χ0v) is 32.3. The van der Waals surface area contributed by atoms with Crippen molar-refractivity contribution >= 4 is 33.5 Å². The Hall–Kier alpha value is -6.52. The van der Waals surface area contributed by atoms with Crippen LogP contribution in [0.5, 0.6) is 0 Å². The van der Waals surface area contributed by atoms with Crippen molar-refractivity contribution in [2.75, 3.05) is 0 Å². The zero-order valence-electron chi connectivity index (χ0n) is 32.3. The number of hydrogen-bond donors (Lipinski definition) is 1. The highest BCUT2D eigenvalue weighted by Crippen LogP contribution is 2.55. The van der Waals surface area contributed by atoms with Gasteiger partial charge < -0.3 is 9.88 Å². The summed E-state index contributed by atoms with van der Waals surface area (Å²) in [4.78, 5) is 10.2. The quantitative estimate of drug-likeness (QED) is 0.175. The Labute approximate surface area is 328 Å². The van der Waals surface area contributed by atoms with E-state index < -0.39 is 0 Å². The van der Waals surface area contributed by atoms with Crippen LogP contribution in [0.4, 0.5) is 0 Å². The normalized spacial score (nSPS) is 15.6. The van der Waals surface area contributed by atoms with E-state index in [1.807, 2.05) is 24.3 Å². The van der Waals surface area contributed by atoms with Crippen molar-refractivity contribution in [2.45, 2.75) is 52.1 Å². The van der Waals surface area contributed by atoms with Gasteiger partial charge in [-0.2, -0.15) is 0 Å². The van der Waals surface area contributed by atoms with Gasteiger partial charge in [-0.3, -0.25) is 0 Å². The molecule has 0 amide bonds. The number of hydrogen-bond acceptors (Lipinski definition) is 3. The first kappa shape index (κ1) is 34.0. The molecule has 4 nitrogen and oxygen atoms in total. The maximum Gasteiger partial charge on any atom is 0.159 e. The van der Waals surface area contributed by atoms with E-state index in [9.17, 15) is 0 Å². The van der Waals surface area contributed by atoms with Crippen LogP contribution >= 0.6 is 0 Å². The lowest BCUT2D eigenvalue weighted by Gasteiger charge is -2.24. The Morgan fingerprint density at radius 3 is 2.11 bits per heavy atom. The van der Waals surface area contributed by atoms with E-state index in [2.05, 4.69) is 171 Å². The van der Waals surface area contributed by atoms with Gasteiger partial charge in [0.1, 0.15) is 12.0 Å². The van der Waals surface area contributed by atoms with E-state index >= 15 is 0 Å². The fourth-order valence-electron chi connectivity index (χ4n) is 9.33. The number of fused-ring (bicyclic) bond motifs is 7. The Bertz CT molecular complexity index is 2860. The summed E-state index contributed by atoms with van der Waals surface area (Å²) in [5, 5.41) is 6.20. The molecule has 0 spiro atoms. The number of benzene rings is 7. The second kappa shape index (κ2) is 13.3. The molecule has 56 heavy (non-hydrogen) atoms. The lowest BCUT2D eigenvalue weighted by atomic mass is 9.79. The molecule has 0 fully saturated rings. The number of nitrogens with one attached hydrogen (secondary N) is 1. The van der Waals surface area contributed by atoms with Gasteiger partial charge in [0.2, 0.25) is 0 Å². The van der Waals surface area contributed by atoms with Crippen LogP contribution in [0.1, 0.15) is 72.3 Å². The molecule has 1 unspecified atom stereocenters. The number of aryl methyl sites for hydroxylation is 1. The van der Waals surface area contributed by atoms with Gasteiger partial charge in [0.25, 0.3) is 0 Å². The van der Waals surface area contributed by atoms with E-state index in [0.29, 0.717) is 0 Å². The minimum absolute atomic E-state index is 0.174. The smallest absolute Gasteiger partial charge is 0.159 e. The van der Waals surface area contributed by atoms with Gasteiger partial charge in [0, 0.05) is 33.0 Å².